The van der Waals surface area contributed by atoms with Crippen LogP contribution in [0.4, 0.5) is 10.5 Å². The van der Waals surface area contributed by atoms with Crippen molar-refractivity contribution in [2.24, 2.45) is 0 Å². The predicted octanol–water partition coefficient (Wildman–Crippen LogP) is -0.0535. The second kappa shape index (κ2) is 12.0. The molecule has 3 aromatic rings. The number of carboxylic acid groups (broad SMARTS) is 2. The molecule has 15 heteroatoms. The molecule has 0 radical (unpaired) electrons. The molecule has 2 aromatic heterocycles. The lowest BCUT2D eigenvalue weighted by molar-refractivity contribution is -0.165. The van der Waals surface area contributed by atoms with Crippen molar-refractivity contribution in [3.05, 3.63) is 30.0 Å². The van der Waals surface area contributed by atoms with Gasteiger partial charge in [0.1, 0.15) is 5.69 Å². The fraction of sp³-hybridized carbons (Fsp3) is 0.435. The normalized spacial score (nSPS) is 17.2. The van der Waals surface area contributed by atoms with Gasteiger partial charge >= 0.3 is 18.0 Å². The monoisotopic (exact) mass is 531 g/mol. The maximum absolute atomic E-state index is 12.0. The molecule has 0 spiro atoms. The highest BCUT2D eigenvalue weighted by Gasteiger charge is 2.29. The number of rotatable bonds is 8. The number of carbonyl (C=O) groups is 3. The second-order valence-electron chi connectivity index (χ2n) is 8.92. The van der Waals surface area contributed by atoms with Crippen molar-refractivity contribution in [1.29, 1.82) is 0 Å². The Morgan fingerprint density at radius 1 is 1.11 bits per heavy atom. The van der Waals surface area contributed by atoms with E-state index in [2.05, 4.69) is 47.8 Å². The summed E-state index contributed by atoms with van der Waals surface area (Å²) >= 11 is 0. The molecule has 2 amide bonds. The van der Waals surface area contributed by atoms with Gasteiger partial charge in [-0.15, -0.1) is 0 Å². The number of ether oxygens (including phenoxy) is 1. The van der Waals surface area contributed by atoms with Crippen molar-refractivity contribution < 1.29 is 39.5 Å². The lowest BCUT2D eigenvalue weighted by Crippen LogP contribution is -2.39. The average molecular weight is 532 g/mol. The summed E-state index contributed by atoms with van der Waals surface area (Å²) in [5.41, 5.74) is 4.34. The molecule has 2 unspecified atom stereocenters. The number of benzene rings is 1. The van der Waals surface area contributed by atoms with Gasteiger partial charge in [-0.2, -0.15) is 5.10 Å². The molecule has 1 aliphatic carbocycles. The van der Waals surface area contributed by atoms with Crippen molar-refractivity contribution in [2.75, 3.05) is 31.6 Å². The van der Waals surface area contributed by atoms with Gasteiger partial charge in [0.05, 0.1) is 36.1 Å². The maximum atomic E-state index is 12.0. The van der Waals surface area contributed by atoms with Crippen molar-refractivity contribution in [2.45, 2.75) is 37.6 Å². The summed E-state index contributed by atoms with van der Waals surface area (Å²) in [5, 5.41) is 45.3. The highest BCUT2D eigenvalue weighted by molar-refractivity contribution is 5.93. The van der Waals surface area contributed by atoms with Gasteiger partial charge in [-0.05, 0) is 30.5 Å². The Balaban J connectivity index is 0.000000289. The third-order valence-electron chi connectivity index (χ3n) is 5.90. The summed E-state index contributed by atoms with van der Waals surface area (Å²) in [6.07, 6.45) is -0.849. The van der Waals surface area contributed by atoms with E-state index in [1.807, 2.05) is 6.07 Å². The standard InChI is InChI=1S/C19H23N7O2.C4H6O6/c27-19(21-13-2-3-13)24-16-10-20-25-17(16)18-22-14-4-1-12(9-15(14)23-18)11-26-5-7-28-8-6-26;5-1(3(7)8)2(6)4(9)10/h1,4,9-10,13H,2-3,5-8,11H2,(H,20,25)(H,22,23)(H2,21,24,27);1-2,5-6H,(H,7,8)(H,9,10). The van der Waals surface area contributed by atoms with E-state index < -0.39 is 24.1 Å². The quantitative estimate of drug-likeness (QED) is 0.192. The van der Waals surface area contributed by atoms with E-state index >= 15 is 0 Å². The Labute approximate surface area is 215 Å². The van der Waals surface area contributed by atoms with Crippen LogP contribution in [0.2, 0.25) is 0 Å². The Bertz CT molecular complexity index is 1260. The van der Waals surface area contributed by atoms with Crippen LogP contribution in [0.5, 0.6) is 0 Å². The van der Waals surface area contributed by atoms with Crippen molar-refractivity contribution in [3.63, 3.8) is 0 Å². The van der Waals surface area contributed by atoms with Crippen LogP contribution in [0.1, 0.15) is 18.4 Å². The number of carbonyl (C=O) groups excluding carboxylic acids is 1. The number of urea groups is 1. The van der Waals surface area contributed by atoms with Crippen LogP contribution in [-0.2, 0) is 20.9 Å². The SMILES string of the molecule is O=C(Nc1cn[nH]c1-c1nc2ccc(CN3CCOCC3)cc2[nH]1)NC1CC1.O=C(O)C(O)C(O)C(=O)O. The van der Waals surface area contributed by atoms with Gasteiger partial charge < -0.3 is 40.8 Å². The zero-order chi connectivity index (χ0) is 27.2. The molecular weight excluding hydrogens is 502 g/mol. The molecule has 204 valence electrons. The molecule has 38 heavy (non-hydrogen) atoms. The first-order chi connectivity index (χ1) is 18.2. The van der Waals surface area contributed by atoms with E-state index in [0.29, 0.717) is 23.2 Å². The van der Waals surface area contributed by atoms with Crippen LogP contribution in [0, 0.1) is 0 Å². The number of hydrogen-bond acceptors (Lipinski definition) is 9. The number of aliphatic hydroxyl groups is 2. The summed E-state index contributed by atoms with van der Waals surface area (Å²) < 4.78 is 5.41. The third kappa shape index (κ3) is 7.04. The van der Waals surface area contributed by atoms with Gasteiger partial charge in [-0.1, -0.05) is 6.07 Å². The van der Waals surface area contributed by atoms with Gasteiger partial charge in [0.15, 0.2) is 18.0 Å². The predicted molar refractivity (Wildman–Crippen MR) is 132 cm³/mol. The van der Waals surface area contributed by atoms with Crippen LogP contribution in [0.15, 0.2) is 24.4 Å². The van der Waals surface area contributed by atoms with Gasteiger partial charge in [-0.3, -0.25) is 10.00 Å². The summed E-state index contributed by atoms with van der Waals surface area (Å²) in [5.74, 6) is -2.89. The van der Waals surface area contributed by atoms with Gasteiger partial charge in [0.25, 0.3) is 0 Å². The molecule has 0 bridgehead atoms. The van der Waals surface area contributed by atoms with E-state index in [1.54, 1.807) is 6.20 Å². The first kappa shape index (κ1) is 27.0. The number of H-pyrrole nitrogens is 2. The maximum Gasteiger partial charge on any atom is 0.335 e. The van der Waals surface area contributed by atoms with Gasteiger partial charge in [0.2, 0.25) is 0 Å². The number of nitrogens with one attached hydrogen (secondary N) is 4. The molecule has 3 heterocycles. The van der Waals surface area contributed by atoms with Crippen LogP contribution in [0.3, 0.4) is 0 Å². The topological polar surface area (TPSA) is 226 Å². The lowest BCUT2D eigenvalue weighted by atomic mass is 10.2. The first-order valence-electron chi connectivity index (χ1n) is 11.9. The number of aliphatic hydroxyl groups excluding tert-OH is 2. The number of morpholine rings is 1. The smallest absolute Gasteiger partial charge is 0.335 e. The molecule has 2 atom stereocenters. The molecule has 1 saturated carbocycles. The number of aliphatic carboxylic acids is 2. The number of amides is 2. The van der Waals surface area contributed by atoms with E-state index in [9.17, 15) is 14.4 Å². The van der Waals surface area contributed by atoms with Crippen LogP contribution in [0.25, 0.3) is 22.6 Å². The summed E-state index contributed by atoms with van der Waals surface area (Å²) in [4.78, 5) is 42.0. The molecule has 2 aliphatic rings. The second-order valence-corrected chi connectivity index (χ2v) is 8.92. The zero-order valence-corrected chi connectivity index (χ0v) is 20.3. The molecule has 1 saturated heterocycles. The Hall–Kier alpha value is -4.05. The summed E-state index contributed by atoms with van der Waals surface area (Å²) in [6, 6.07) is 6.34. The van der Waals surface area contributed by atoms with E-state index in [1.165, 1.54) is 5.56 Å². The minimum absolute atomic E-state index is 0.214. The van der Waals surface area contributed by atoms with E-state index in [-0.39, 0.29) is 6.03 Å². The number of hydrogen-bond donors (Lipinski definition) is 8. The number of aromatic amines is 2. The number of aromatic nitrogens is 4. The Kier molecular flexibility index (Phi) is 8.52. The largest absolute Gasteiger partial charge is 0.479 e. The fourth-order valence-corrected chi connectivity index (χ4v) is 3.69. The number of nitrogens with zero attached hydrogens (tertiary/aromatic N) is 3. The lowest BCUT2D eigenvalue weighted by Gasteiger charge is -2.26. The molecular formula is C23H29N7O8. The first-order valence-corrected chi connectivity index (χ1v) is 11.9. The minimum Gasteiger partial charge on any atom is -0.479 e. The summed E-state index contributed by atoms with van der Waals surface area (Å²) in [7, 11) is 0. The molecule has 1 aliphatic heterocycles. The molecule has 15 nitrogen and oxygen atoms in total. The average Bonchev–Trinajstić information content (AvgIpc) is 3.41. The van der Waals surface area contributed by atoms with E-state index in [4.69, 9.17) is 25.2 Å². The Morgan fingerprint density at radius 3 is 2.42 bits per heavy atom. The Morgan fingerprint density at radius 2 is 1.79 bits per heavy atom. The van der Waals surface area contributed by atoms with E-state index in [0.717, 1.165) is 56.7 Å². The number of anilines is 1. The minimum atomic E-state index is -2.27. The van der Waals surface area contributed by atoms with Crippen LogP contribution >= 0.6 is 0 Å². The fourth-order valence-electron chi connectivity index (χ4n) is 3.69. The highest BCUT2D eigenvalue weighted by Crippen LogP contribution is 2.26. The number of imidazole rings is 1. The zero-order valence-electron chi connectivity index (χ0n) is 20.3. The number of fused-ring (bicyclic) bond motifs is 1. The van der Waals surface area contributed by atoms with Gasteiger partial charge in [-0.25, -0.2) is 19.4 Å². The summed E-state index contributed by atoms with van der Waals surface area (Å²) in [6.45, 7) is 4.39. The molecule has 2 fully saturated rings. The molecule has 8 N–H and O–H groups in total. The molecule has 1 aromatic carbocycles. The van der Waals surface area contributed by atoms with Gasteiger partial charge in [0, 0.05) is 25.7 Å². The van der Waals surface area contributed by atoms with Crippen molar-refractivity contribution in [1.82, 2.24) is 30.4 Å². The van der Waals surface area contributed by atoms with Crippen LogP contribution < -0.4 is 10.6 Å². The van der Waals surface area contributed by atoms with Crippen molar-refractivity contribution >= 4 is 34.7 Å². The third-order valence-corrected chi connectivity index (χ3v) is 5.90. The van der Waals surface area contributed by atoms with Crippen LogP contribution in [-0.4, -0.2) is 108 Å². The van der Waals surface area contributed by atoms with Crippen molar-refractivity contribution in [3.8, 4) is 11.5 Å². The number of carboxylic acids is 2. The molecule has 5 rings (SSSR count). The highest BCUT2D eigenvalue weighted by atomic mass is 16.5.